The van der Waals surface area contributed by atoms with E-state index in [-0.39, 0.29) is 5.13 Å². The van der Waals surface area contributed by atoms with Crippen LogP contribution in [-0.4, -0.2) is 6.26 Å². The van der Waals surface area contributed by atoms with Crippen molar-refractivity contribution in [1.82, 2.24) is 0 Å². The monoisotopic (exact) mass is 290 g/mol. The van der Waals surface area contributed by atoms with Gasteiger partial charge in [-0.3, -0.25) is 0 Å². The summed E-state index contributed by atoms with van der Waals surface area (Å²) in [5.74, 6) is 0. The van der Waals surface area contributed by atoms with Crippen LogP contribution in [-0.2, 0) is 5.33 Å². The van der Waals surface area contributed by atoms with Crippen LogP contribution in [0.5, 0.6) is 0 Å². The first-order valence-corrected chi connectivity index (χ1v) is 7.23. The van der Waals surface area contributed by atoms with Gasteiger partial charge in [0.1, 0.15) is 0 Å². The van der Waals surface area contributed by atoms with E-state index in [1.807, 2.05) is 6.26 Å². The number of hydrogen-bond acceptors (Lipinski definition) is 2. The van der Waals surface area contributed by atoms with Gasteiger partial charge in [0.15, 0.2) is 5.13 Å². The molecule has 1 heterocycles. The molecular formula is C10H8BrFS2. The van der Waals surface area contributed by atoms with E-state index in [0.717, 1.165) is 15.4 Å². The quantitative estimate of drug-likeness (QED) is 0.573. The topological polar surface area (TPSA) is 0 Å². The average Bonchev–Trinajstić information content (AvgIpc) is 2.54. The lowest BCUT2D eigenvalue weighted by Crippen LogP contribution is -1.81. The van der Waals surface area contributed by atoms with E-state index in [4.69, 9.17) is 0 Å². The SMILES string of the molecule is CSc1cc2cc(F)sc2cc1CBr. The summed E-state index contributed by atoms with van der Waals surface area (Å²) in [5.41, 5.74) is 1.23. The maximum Gasteiger partial charge on any atom is 0.177 e. The molecule has 2 rings (SSSR count). The first-order valence-electron chi connectivity index (χ1n) is 4.06. The van der Waals surface area contributed by atoms with Crippen molar-refractivity contribution in [3.05, 3.63) is 28.9 Å². The number of rotatable bonds is 2. The maximum atomic E-state index is 13.0. The molecule has 0 aliphatic rings. The molecule has 74 valence electrons. The number of halogens is 2. The summed E-state index contributed by atoms with van der Waals surface area (Å²) in [5, 5.41) is 1.71. The van der Waals surface area contributed by atoms with Crippen LogP contribution < -0.4 is 0 Å². The van der Waals surface area contributed by atoms with E-state index < -0.39 is 0 Å². The summed E-state index contributed by atoms with van der Waals surface area (Å²) in [6.45, 7) is 0. The molecule has 4 heteroatoms. The normalized spacial score (nSPS) is 11.1. The van der Waals surface area contributed by atoms with Crippen molar-refractivity contribution in [2.24, 2.45) is 0 Å². The van der Waals surface area contributed by atoms with Crippen LogP contribution in [0.1, 0.15) is 5.56 Å². The summed E-state index contributed by atoms with van der Waals surface area (Å²) >= 11 is 6.34. The van der Waals surface area contributed by atoms with Crippen molar-refractivity contribution < 1.29 is 4.39 Å². The highest BCUT2D eigenvalue weighted by Crippen LogP contribution is 2.32. The molecule has 0 N–H and O–H groups in total. The van der Waals surface area contributed by atoms with E-state index in [9.17, 15) is 4.39 Å². The molecule has 0 aliphatic carbocycles. The second-order valence-electron chi connectivity index (χ2n) is 2.89. The Labute approximate surface area is 98.6 Å². The molecule has 2 aromatic rings. The van der Waals surface area contributed by atoms with Gasteiger partial charge < -0.3 is 0 Å². The Morgan fingerprint density at radius 2 is 2.21 bits per heavy atom. The second kappa shape index (κ2) is 4.21. The third-order valence-corrected chi connectivity index (χ3v) is 4.34. The minimum atomic E-state index is -0.112. The molecule has 0 unspecified atom stereocenters. The van der Waals surface area contributed by atoms with E-state index in [0.29, 0.717) is 0 Å². The Morgan fingerprint density at radius 1 is 1.43 bits per heavy atom. The largest absolute Gasteiger partial charge is 0.195 e. The molecule has 0 atom stereocenters. The van der Waals surface area contributed by atoms with Gasteiger partial charge in [0.25, 0.3) is 0 Å². The van der Waals surface area contributed by atoms with Gasteiger partial charge in [-0.1, -0.05) is 15.9 Å². The summed E-state index contributed by atoms with van der Waals surface area (Å²) in [6.07, 6.45) is 2.04. The third-order valence-electron chi connectivity index (χ3n) is 2.03. The predicted octanol–water partition coefficient (Wildman–Crippen LogP) is 4.66. The molecule has 0 aliphatic heterocycles. The van der Waals surface area contributed by atoms with E-state index in [2.05, 4.69) is 28.1 Å². The molecule has 0 nitrogen and oxygen atoms in total. The lowest BCUT2D eigenvalue weighted by atomic mass is 10.2. The van der Waals surface area contributed by atoms with Gasteiger partial charge in [-0.25, -0.2) is 0 Å². The second-order valence-corrected chi connectivity index (χ2v) is 5.33. The van der Waals surface area contributed by atoms with Crippen LogP contribution in [0.15, 0.2) is 23.1 Å². The zero-order chi connectivity index (χ0) is 10.1. The Bertz CT molecular complexity index is 423. The van der Waals surface area contributed by atoms with Gasteiger partial charge in [-0.05, 0) is 35.4 Å². The molecule has 0 saturated carbocycles. The van der Waals surface area contributed by atoms with Gasteiger partial charge >= 0.3 is 0 Å². The minimum Gasteiger partial charge on any atom is -0.195 e. The van der Waals surface area contributed by atoms with Crippen molar-refractivity contribution in [2.45, 2.75) is 10.2 Å². The molecule has 0 fully saturated rings. The standard InChI is InChI=1S/C10H8BrFS2/c1-13-8-2-6-4-10(12)14-9(6)3-7(8)5-11/h2-4H,5H2,1H3. The number of thioether (sulfide) groups is 1. The van der Waals surface area contributed by atoms with Gasteiger partial charge in [0, 0.05) is 14.9 Å². The fourth-order valence-corrected chi connectivity index (χ4v) is 3.49. The fourth-order valence-electron chi connectivity index (χ4n) is 1.37. The number of benzene rings is 1. The van der Waals surface area contributed by atoms with Crippen molar-refractivity contribution in [2.75, 3.05) is 6.26 Å². The highest BCUT2D eigenvalue weighted by Gasteiger charge is 2.06. The van der Waals surface area contributed by atoms with Gasteiger partial charge in [-0.2, -0.15) is 4.39 Å². The predicted molar refractivity (Wildman–Crippen MR) is 66.2 cm³/mol. The van der Waals surface area contributed by atoms with Crippen molar-refractivity contribution in [3.63, 3.8) is 0 Å². The Balaban J connectivity index is 2.68. The highest BCUT2D eigenvalue weighted by atomic mass is 79.9. The van der Waals surface area contributed by atoms with Crippen LogP contribution >= 0.6 is 39.0 Å². The Morgan fingerprint density at radius 3 is 2.86 bits per heavy atom. The Kier molecular flexibility index (Phi) is 3.14. The zero-order valence-corrected chi connectivity index (χ0v) is 10.7. The van der Waals surface area contributed by atoms with Gasteiger partial charge in [-0.15, -0.1) is 23.1 Å². The first-order chi connectivity index (χ1) is 6.74. The lowest BCUT2D eigenvalue weighted by molar-refractivity contribution is 0.658. The molecule has 1 aromatic heterocycles. The van der Waals surface area contributed by atoms with Crippen molar-refractivity contribution in [3.8, 4) is 0 Å². The molecule has 0 saturated heterocycles. The highest BCUT2D eigenvalue weighted by molar-refractivity contribution is 9.08. The smallest absolute Gasteiger partial charge is 0.177 e. The number of fused-ring (bicyclic) bond motifs is 1. The molecule has 14 heavy (non-hydrogen) atoms. The van der Waals surface area contributed by atoms with Crippen molar-refractivity contribution >= 4 is 49.1 Å². The third kappa shape index (κ3) is 1.83. The molecule has 0 amide bonds. The maximum absolute atomic E-state index is 13.0. The summed E-state index contributed by atoms with van der Waals surface area (Å²) in [6, 6.07) is 5.71. The molecule has 0 bridgehead atoms. The summed E-state index contributed by atoms with van der Waals surface area (Å²) in [7, 11) is 0. The summed E-state index contributed by atoms with van der Waals surface area (Å²) < 4.78 is 14.0. The van der Waals surface area contributed by atoms with E-state index >= 15 is 0 Å². The van der Waals surface area contributed by atoms with Crippen LogP contribution in [0.3, 0.4) is 0 Å². The average molecular weight is 291 g/mol. The van der Waals surface area contributed by atoms with E-state index in [1.54, 1.807) is 17.8 Å². The molecule has 0 radical (unpaired) electrons. The first kappa shape index (κ1) is 10.5. The van der Waals surface area contributed by atoms with Crippen LogP contribution in [0.25, 0.3) is 10.1 Å². The molecule has 1 aromatic carbocycles. The van der Waals surface area contributed by atoms with Crippen LogP contribution in [0, 0.1) is 5.13 Å². The zero-order valence-electron chi connectivity index (χ0n) is 7.51. The fraction of sp³-hybridized carbons (Fsp3) is 0.200. The number of alkyl halides is 1. The lowest BCUT2D eigenvalue weighted by Gasteiger charge is -2.03. The van der Waals surface area contributed by atoms with Gasteiger partial charge in [0.05, 0.1) is 0 Å². The van der Waals surface area contributed by atoms with Crippen molar-refractivity contribution in [1.29, 1.82) is 0 Å². The number of thiophene rings is 1. The van der Waals surface area contributed by atoms with Gasteiger partial charge in [0.2, 0.25) is 0 Å². The Hall–Kier alpha value is -0.0600. The van der Waals surface area contributed by atoms with E-state index in [1.165, 1.54) is 21.8 Å². The van der Waals surface area contributed by atoms with Crippen LogP contribution in [0.4, 0.5) is 4.39 Å². The van der Waals surface area contributed by atoms with Crippen LogP contribution in [0.2, 0.25) is 0 Å². The molecule has 0 spiro atoms. The minimum absolute atomic E-state index is 0.112. The summed E-state index contributed by atoms with van der Waals surface area (Å²) in [4.78, 5) is 1.21. The molecular weight excluding hydrogens is 283 g/mol. The number of hydrogen-bond donors (Lipinski definition) is 0.